The highest BCUT2D eigenvalue weighted by molar-refractivity contribution is 6.33. The quantitative estimate of drug-likeness (QED) is 0.780. The van der Waals surface area contributed by atoms with E-state index in [0.29, 0.717) is 42.1 Å². The first kappa shape index (κ1) is 19.2. The van der Waals surface area contributed by atoms with Gasteiger partial charge < -0.3 is 15.4 Å². The lowest BCUT2D eigenvalue weighted by molar-refractivity contribution is -0.125. The van der Waals surface area contributed by atoms with Crippen LogP contribution in [-0.4, -0.2) is 18.9 Å². The normalized spacial score (nSPS) is 19.2. The molecule has 0 radical (unpaired) electrons. The number of benzene rings is 2. The van der Waals surface area contributed by atoms with Crippen molar-refractivity contribution in [2.75, 3.05) is 17.7 Å². The van der Waals surface area contributed by atoms with E-state index in [1.165, 1.54) is 0 Å². The molecule has 6 heteroatoms. The highest BCUT2D eigenvalue weighted by Gasteiger charge is 2.30. The van der Waals surface area contributed by atoms with Gasteiger partial charge in [0.05, 0.1) is 17.8 Å². The van der Waals surface area contributed by atoms with Gasteiger partial charge in [-0.2, -0.15) is 0 Å². The molecule has 2 aromatic rings. The highest BCUT2D eigenvalue weighted by Crippen LogP contribution is 2.31. The zero-order valence-corrected chi connectivity index (χ0v) is 16.0. The molecule has 1 saturated carbocycles. The van der Waals surface area contributed by atoms with Crippen molar-refractivity contribution >= 4 is 34.8 Å². The van der Waals surface area contributed by atoms with Crippen LogP contribution in [0.15, 0.2) is 48.5 Å². The molecule has 0 spiro atoms. The van der Waals surface area contributed by atoms with Gasteiger partial charge in [0.15, 0.2) is 0 Å². The molecule has 0 aliphatic heterocycles. The van der Waals surface area contributed by atoms with Crippen LogP contribution >= 0.6 is 11.6 Å². The van der Waals surface area contributed by atoms with E-state index in [1.807, 2.05) is 30.3 Å². The summed E-state index contributed by atoms with van der Waals surface area (Å²) in [6.07, 6.45) is 2.76. The van der Waals surface area contributed by atoms with Crippen LogP contribution in [0.3, 0.4) is 0 Å². The number of methoxy groups -OCH3 is 1. The Morgan fingerprint density at radius 1 is 0.926 bits per heavy atom. The highest BCUT2D eigenvalue weighted by atomic mass is 35.5. The fourth-order valence-electron chi connectivity index (χ4n) is 3.36. The maximum atomic E-state index is 12.5. The first-order valence-corrected chi connectivity index (χ1v) is 9.45. The standard InChI is InChI=1S/C21H23ClN2O3/c1-27-17-6-4-5-16(13-17)23-20(25)14-9-11-15(12-10-14)21(26)24-19-8-3-2-7-18(19)22/h2-8,13-15H,9-12H2,1H3,(H,23,25)(H,24,26). The van der Waals surface area contributed by atoms with Crippen molar-refractivity contribution in [2.24, 2.45) is 11.8 Å². The van der Waals surface area contributed by atoms with Crippen molar-refractivity contribution in [3.63, 3.8) is 0 Å². The van der Waals surface area contributed by atoms with Gasteiger partial charge in [-0.3, -0.25) is 9.59 Å². The van der Waals surface area contributed by atoms with Crippen LogP contribution in [0.2, 0.25) is 5.02 Å². The molecule has 1 aliphatic carbocycles. The minimum atomic E-state index is -0.0952. The van der Waals surface area contributed by atoms with Gasteiger partial charge in [-0.1, -0.05) is 29.8 Å². The molecule has 1 aliphatic rings. The minimum Gasteiger partial charge on any atom is -0.497 e. The molecule has 2 aromatic carbocycles. The molecule has 0 bridgehead atoms. The zero-order chi connectivity index (χ0) is 19.2. The van der Waals surface area contributed by atoms with E-state index in [4.69, 9.17) is 16.3 Å². The van der Waals surface area contributed by atoms with Crippen LogP contribution in [0.4, 0.5) is 11.4 Å². The summed E-state index contributed by atoms with van der Waals surface area (Å²) in [6, 6.07) is 14.5. The Morgan fingerprint density at radius 2 is 1.56 bits per heavy atom. The first-order valence-electron chi connectivity index (χ1n) is 9.07. The van der Waals surface area contributed by atoms with E-state index in [2.05, 4.69) is 10.6 Å². The van der Waals surface area contributed by atoms with E-state index >= 15 is 0 Å². The Labute approximate surface area is 164 Å². The lowest BCUT2D eigenvalue weighted by Crippen LogP contribution is -2.32. The Bertz CT molecular complexity index is 817. The van der Waals surface area contributed by atoms with E-state index in [9.17, 15) is 9.59 Å². The maximum Gasteiger partial charge on any atom is 0.227 e. The number of carbonyl (C=O) groups excluding carboxylic acids is 2. The summed E-state index contributed by atoms with van der Waals surface area (Å²) >= 11 is 6.09. The van der Waals surface area contributed by atoms with Crippen LogP contribution in [0.1, 0.15) is 25.7 Å². The number of hydrogen-bond donors (Lipinski definition) is 2. The van der Waals surface area contributed by atoms with Gasteiger partial charge in [-0.15, -0.1) is 0 Å². The maximum absolute atomic E-state index is 12.5. The Kier molecular flexibility index (Phi) is 6.35. The van der Waals surface area contributed by atoms with Crippen molar-refractivity contribution in [3.8, 4) is 5.75 Å². The zero-order valence-electron chi connectivity index (χ0n) is 15.2. The predicted molar refractivity (Wildman–Crippen MR) is 107 cm³/mol. The number of carbonyl (C=O) groups is 2. The van der Waals surface area contributed by atoms with Crippen molar-refractivity contribution in [2.45, 2.75) is 25.7 Å². The number of rotatable bonds is 5. The lowest BCUT2D eigenvalue weighted by Gasteiger charge is -2.27. The molecule has 1 fully saturated rings. The average molecular weight is 387 g/mol. The summed E-state index contributed by atoms with van der Waals surface area (Å²) in [7, 11) is 1.59. The fourth-order valence-corrected chi connectivity index (χ4v) is 3.54. The molecule has 142 valence electrons. The molecule has 0 heterocycles. The number of amides is 2. The van der Waals surface area contributed by atoms with Gasteiger partial charge in [0.1, 0.15) is 5.75 Å². The molecule has 2 N–H and O–H groups in total. The number of halogens is 1. The first-order chi connectivity index (χ1) is 13.1. The fraction of sp³-hybridized carbons (Fsp3) is 0.333. The molecule has 27 heavy (non-hydrogen) atoms. The lowest BCUT2D eigenvalue weighted by atomic mass is 9.81. The summed E-state index contributed by atoms with van der Waals surface area (Å²) in [5.41, 5.74) is 1.35. The van der Waals surface area contributed by atoms with Crippen LogP contribution < -0.4 is 15.4 Å². The molecule has 0 atom stereocenters. The van der Waals surface area contributed by atoms with E-state index in [0.717, 1.165) is 5.69 Å². The largest absolute Gasteiger partial charge is 0.497 e. The number of anilines is 2. The summed E-state index contributed by atoms with van der Waals surface area (Å²) in [5.74, 6) is 0.485. The second-order valence-electron chi connectivity index (χ2n) is 6.74. The smallest absolute Gasteiger partial charge is 0.227 e. The molecule has 5 nitrogen and oxygen atoms in total. The summed E-state index contributed by atoms with van der Waals surface area (Å²) in [5, 5.41) is 6.36. The molecule has 0 aromatic heterocycles. The van der Waals surface area contributed by atoms with Gasteiger partial charge in [0.2, 0.25) is 11.8 Å². The van der Waals surface area contributed by atoms with Gasteiger partial charge in [-0.25, -0.2) is 0 Å². The predicted octanol–water partition coefficient (Wildman–Crippen LogP) is 4.73. The molecule has 2 amide bonds. The molecular formula is C21H23ClN2O3. The van der Waals surface area contributed by atoms with Crippen LogP contribution in [0.5, 0.6) is 5.75 Å². The summed E-state index contributed by atoms with van der Waals surface area (Å²) in [6.45, 7) is 0. The van der Waals surface area contributed by atoms with Crippen molar-refractivity contribution in [1.29, 1.82) is 0 Å². The topological polar surface area (TPSA) is 67.4 Å². The Morgan fingerprint density at radius 3 is 2.19 bits per heavy atom. The molecule has 3 rings (SSSR count). The van der Waals surface area contributed by atoms with Gasteiger partial charge in [0, 0.05) is 23.6 Å². The number of nitrogens with one attached hydrogen (secondary N) is 2. The second-order valence-corrected chi connectivity index (χ2v) is 7.15. The van der Waals surface area contributed by atoms with Crippen LogP contribution in [0, 0.1) is 11.8 Å². The summed E-state index contributed by atoms with van der Waals surface area (Å²) < 4.78 is 5.17. The SMILES string of the molecule is COc1cccc(NC(=O)C2CCC(C(=O)Nc3ccccc3Cl)CC2)c1. The van der Waals surface area contributed by atoms with Crippen molar-refractivity contribution in [3.05, 3.63) is 53.6 Å². The Balaban J connectivity index is 1.51. The van der Waals surface area contributed by atoms with Crippen molar-refractivity contribution < 1.29 is 14.3 Å². The molecule has 0 saturated heterocycles. The average Bonchev–Trinajstić information content (AvgIpc) is 2.70. The minimum absolute atomic E-state index is 0.00628. The van der Waals surface area contributed by atoms with E-state index in [1.54, 1.807) is 25.3 Å². The third kappa shape index (κ3) is 5.01. The van der Waals surface area contributed by atoms with E-state index < -0.39 is 0 Å². The number of hydrogen-bond acceptors (Lipinski definition) is 3. The number of para-hydroxylation sites is 1. The molecule has 0 unspecified atom stereocenters. The van der Waals surface area contributed by atoms with Gasteiger partial charge in [-0.05, 0) is 49.9 Å². The van der Waals surface area contributed by atoms with Crippen LogP contribution in [0.25, 0.3) is 0 Å². The van der Waals surface area contributed by atoms with Gasteiger partial charge >= 0.3 is 0 Å². The summed E-state index contributed by atoms with van der Waals surface area (Å²) in [4.78, 5) is 25.0. The Hall–Kier alpha value is -2.53. The number of ether oxygens (including phenoxy) is 1. The molecular weight excluding hydrogens is 364 g/mol. The van der Waals surface area contributed by atoms with Crippen molar-refractivity contribution in [1.82, 2.24) is 0 Å². The van der Waals surface area contributed by atoms with Crippen LogP contribution in [-0.2, 0) is 9.59 Å². The van der Waals surface area contributed by atoms with Gasteiger partial charge in [0.25, 0.3) is 0 Å². The third-order valence-corrected chi connectivity index (χ3v) is 5.27. The van der Waals surface area contributed by atoms with E-state index in [-0.39, 0.29) is 23.7 Å². The third-order valence-electron chi connectivity index (χ3n) is 4.94. The monoisotopic (exact) mass is 386 g/mol. The second kappa shape index (κ2) is 8.91.